The lowest BCUT2D eigenvalue weighted by molar-refractivity contribution is -0.124. The van der Waals surface area contributed by atoms with E-state index in [-0.39, 0.29) is 18.6 Å². The number of nitrogens with one attached hydrogen (secondary N) is 1. The molecular formula is C22H29N5O2. The highest BCUT2D eigenvalue weighted by Gasteiger charge is 2.21. The molecule has 1 aromatic heterocycles. The minimum absolute atomic E-state index is 0.0348. The van der Waals surface area contributed by atoms with E-state index in [9.17, 15) is 4.79 Å². The summed E-state index contributed by atoms with van der Waals surface area (Å²) in [6, 6.07) is 14.3. The van der Waals surface area contributed by atoms with E-state index in [1.165, 1.54) is 18.4 Å². The maximum Gasteiger partial charge on any atom is 0.258 e. The Morgan fingerprint density at radius 3 is 2.62 bits per heavy atom. The molecule has 2 aliphatic rings. The number of aromatic nitrogens is 2. The van der Waals surface area contributed by atoms with Gasteiger partial charge in [0.1, 0.15) is 0 Å². The summed E-state index contributed by atoms with van der Waals surface area (Å²) in [6.07, 6.45) is 4.48. The predicted octanol–water partition coefficient (Wildman–Crippen LogP) is 2.24. The molecule has 2 aliphatic heterocycles. The monoisotopic (exact) mass is 395 g/mol. The van der Waals surface area contributed by atoms with Crippen LogP contribution in [-0.4, -0.2) is 59.8 Å². The van der Waals surface area contributed by atoms with Crippen LogP contribution in [0.15, 0.2) is 42.5 Å². The number of likely N-dealkylation sites (tertiary alicyclic amines) is 1. The van der Waals surface area contributed by atoms with Crippen LogP contribution in [0.2, 0.25) is 0 Å². The van der Waals surface area contributed by atoms with E-state index in [1.807, 2.05) is 12.1 Å². The number of ether oxygens (including phenoxy) is 1. The molecule has 0 aliphatic carbocycles. The molecule has 154 valence electrons. The van der Waals surface area contributed by atoms with Crippen LogP contribution in [0, 0.1) is 0 Å². The minimum Gasteiger partial charge on any atom is -0.466 e. The molecule has 2 fully saturated rings. The molecule has 1 unspecified atom stereocenters. The Balaban J connectivity index is 1.21. The van der Waals surface area contributed by atoms with E-state index in [0.29, 0.717) is 5.88 Å². The van der Waals surface area contributed by atoms with Crippen LogP contribution >= 0.6 is 0 Å². The van der Waals surface area contributed by atoms with Gasteiger partial charge in [-0.25, -0.2) is 0 Å². The van der Waals surface area contributed by atoms with Crippen LogP contribution < -0.4 is 15.0 Å². The largest absolute Gasteiger partial charge is 0.466 e. The molecule has 0 radical (unpaired) electrons. The topological polar surface area (TPSA) is 70.6 Å². The molecule has 7 nitrogen and oxygen atoms in total. The van der Waals surface area contributed by atoms with Gasteiger partial charge in [0.05, 0.1) is 0 Å². The van der Waals surface area contributed by atoms with Gasteiger partial charge < -0.3 is 15.0 Å². The molecule has 0 saturated carbocycles. The van der Waals surface area contributed by atoms with Crippen LogP contribution in [-0.2, 0) is 11.3 Å². The normalized spacial score (nSPS) is 19.9. The summed E-state index contributed by atoms with van der Waals surface area (Å²) in [5, 5.41) is 11.4. The molecule has 29 heavy (non-hydrogen) atoms. The summed E-state index contributed by atoms with van der Waals surface area (Å²) in [7, 11) is 0. The van der Waals surface area contributed by atoms with Crippen LogP contribution in [0.3, 0.4) is 0 Å². The summed E-state index contributed by atoms with van der Waals surface area (Å²) in [4.78, 5) is 16.9. The fourth-order valence-corrected chi connectivity index (χ4v) is 4.07. The third-order valence-corrected chi connectivity index (χ3v) is 5.53. The van der Waals surface area contributed by atoms with Gasteiger partial charge in [-0.15, -0.1) is 10.2 Å². The van der Waals surface area contributed by atoms with Crippen molar-refractivity contribution in [3.05, 3.63) is 48.0 Å². The maximum absolute atomic E-state index is 12.3. The van der Waals surface area contributed by atoms with E-state index in [1.54, 1.807) is 6.07 Å². The van der Waals surface area contributed by atoms with Gasteiger partial charge in [0.2, 0.25) is 5.88 Å². The number of benzene rings is 1. The van der Waals surface area contributed by atoms with Crippen LogP contribution in [0.1, 0.15) is 31.2 Å². The van der Waals surface area contributed by atoms with Gasteiger partial charge in [-0.1, -0.05) is 30.3 Å². The molecule has 1 atom stereocenters. The van der Waals surface area contributed by atoms with E-state index < -0.39 is 0 Å². The first-order chi connectivity index (χ1) is 14.3. The summed E-state index contributed by atoms with van der Waals surface area (Å²) in [6.45, 7) is 4.87. The van der Waals surface area contributed by atoms with Crippen LogP contribution in [0.5, 0.6) is 5.88 Å². The number of anilines is 1. The maximum atomic E-state index is 12.3. The number of piperidine rings is 1. The molecule has 1 amide bonds. The molecule has 3 heterocycles. The smallest absolute Gasteiger partial charge is 0.258 e. The highest BCUT2D eigenvalue weighted by atomic mass is 16.5. The van der Waals surface area contributed by atoms with E-state index in [4.69, 9.17) is 4.74 Å². The van der Waals surface area contributed by atoms with Gasteiger partial charge in [-0.2, -0.15) is 0 Å². The van der Waals surface area contributed by atoms with Crippen molar-refractivity contribution in [2.24, 2.45) is 0 Å². The molecule has 1 N–H and O–H groups in total. The first-order valence-electron chi connectivity index (χ1n) is 10.5. The molecule has 4 rings (SSSR count). The van der Waals surface area contributed by atoms with Crippen molar-refractivity contribution in [1.29, 1.82) is 0 Å². The minimum atomic E-state index is -0.109. The number of nitrogens with zero attached hydrogens (tertiary/aromatic N) is 4. The standard InChI is InChI=1S/C22H29N5O2/c28-21(17-29-22-11-10-20(24-25-22)27-13-4-5-14-27)23-19-9-6-12-26(16-19)15-18-7-2-1-3-8-18/h1-3,7-8,10-11,19H,4-6,9,12-17H2,(H,23,28). The number of carbonyl (C=O) groups excluding carboxylic acids is 1. The number of carbonyl (C=O) groups is 1. The lowest BCUT2D eigenvalue weighted by Gasteiger charge is -2.33. The van der Waals surface area contributed by atoms with E-state index in [2.05, 4.69) is 49.6 Å². The summed E-state index contributed by atoms with van der Waals surface area (Å²) in [5.74, 6) is 1.15. The lowest BCUT2D eigenvalue weighted by Crippen LogP contribution is -2.48. The van der Waals surface area contributed by atoms with Gasteiger partial charge >= 0.3 is 0 Å². The Hall–Kier alpha value is -2.67. The van der Waals surface area contributed by atoms with Gasteiger partial charge in [0.15, 0.2) is 12.4 Å². The summed E-state index contributed by atoms with van der Waals surface area (Å²) in [5.41, 5.74) is 1.30. The molecule has 0 spiro atoms. The third kappa shape index (κ3) is 5.67. The molecule has 2 saturated heterocycles. The van der Waals surface area contributed by atoms with Gasteiger partial charge in [-0.3, -0.25) is 9.69 Å². The fourth-order valence-electron chi connectivity index (χ4n) is 4.07. The Morgan fingerprint density at radius 2 is 1.86 bits per heavy atom. The average molecular weight is 396 g/mol. The highest BCUT2D eigenvalue weighted by molar-refractivity contribution is 5.77. The van der Waals surface area contributed by atoms with E-state index >= 15 is 0 Å². The Kier molecular flexibility index (Phi) is 6.56. The Bertz CT molecular complexity index is 778. The average Bonchev–Trinajstić information content (AvgIpc) is 3.29. The quantitative estimate of drug-likeness (QED) is 0.775. The van der Waals surface area contributed by atoms with Crippen molar-refractivity contribution in [1.82, 2.24) is 20.4 Å². The van der Waals surface area contributed by atoms with Crippen LogP contribution in [0.4, 0.5) is 5.82 Å². The van der Waals surface area contributed by atoms with Crippen molar-refractivity contribution >= 4 is 11.7 Å². The van der Waals surface area contributed by atoms with Crippen molar-refractivity contribution < 1.29 is 9.53 Å². The first kappa shape index (κ1) is 19.6. The summed E-state index contributed by atoms with van der Waals surface area (Å²) >= 11 is 0. The van der Waals surface area contributed by atoms with Crippen LogP contribution in [0.25, 0.3) is 0 Å². The fraction of sp³-hybridized carbons (Fsp3) is 0.500. The van der Waals surface area contributed by atoms with E-state index in [0.717, 1.165) is 51.4 Å². The molecule has 0 bridgehead atoms. The molecule has 2 aromatic rings. The zero-order chi connectivity index (χ0) is 19.9. The second-order valence-corrected chi connectivity index (χ2v) is 7.84. The molecular weight excluding hydrogens is 366 g/mol. The summed E-state index contributed by atoms with van der Waals surface area (Å²) < 4.78 is 5.53. The van der Waals surface area contributed by atoms with Crippen molar-refractivity contribution in [3.8, 4) is 5.88 Å². The first-order valence-corrected chi connectivity index (χ1v) is 10.5. The Morgan fingerprint density at radius 1 is 1.03 bits per heavy atom. The third-order valence-electron chi connectivity index (χ3n) is 5.53. The zero-order valence-corrected chi connectivity index (χ0v) is 16.8. The van der Waals surface area contributed by atoms with Crippen molar-refractivity contribution in [2.45, 2.75) is 38.3 Å². The number of amides is 1. The lowest BCUT2D eigenvalue weighted by atomic mass is 10.0. The second kappa shape index (κ2) is 9.69. The zero-order valence-electron chi connectivity index (χ0n) is 16.8. The highest BCUT2D eigenvalue weighted by Crippen LogP contribution is 2.18. The second-order valence-electron chi connectivity index (χ2n) is 7.84. The molecule has 1 aromatic carbocycles. The van der Waals surface area contributed by atoms with Crippen molar-refractivity contribution in [3.63, 3.8) is 0 Å². The molecule has 7 heteroatoms. The number of hydrogen-bond donors (Lipinski definition) is 1. The number of hydrogen-bond acceptors (Lipinski definition) is 6. The SMILES string of the molecule is O=C(COc1ccc(N2CCCC2)nn1)NC1CCCN(Cc2ccccc2)C1. The number of rotatable bonds is 7. The van der Waals surface area contributed by atoms with Gasteiger partial charge in [-0.05, 0) is 43.9 Å². The predicted molar refractivity (Wildman–Crippen MR) is 112 cm³/mol. The van der Waals surface area contributed by atoms with Gasteiger partial charge in [0, 0.05) is 38.3 Å². The van der Waals surface area contributed by atoms with Crippen molar-refractivity contribution in [2.75, 3.05) is 37.7 Å². The van der Waals surface area contributed by atoms with Gasteiger partial charge in [0.25, 0.3) is 5.91 Å². The Labute approximate surface area is 172 Å².